The zero-order valence-corrected chi connectivity index (χ0v) is 11.5. The van der Waals surface area contributed by atoms with Crippen LogP contribution in [-0.2, 0) is 6.42 Å². The van der Waals surface area contributed by atoms with Crippen LogP contribution in [0.5, 0.6) is 0 Å². The fraction of sp³-hybridized carbons (Fsp3) is 0.538. The lowest BCUT2D eigenvalue weighted by Gasteiger charge is -2.37. The number of piperidine rings is 1. The molecule has 0 radical (unpaired) electrons. The molecule has 1 aromatic rings. The van der Waals surface area contributed by atoms with Crippen molar-refractivity contribution < 1.29 is 9.50 Å². The highest BCUT2D eigenvalue weighted by Gasteiger charge is 2.32. The van der Waals surface area contributed by atoms with Crippen LogP contribution in [-0.4, -0.2) is 35.7 Å². The Kier molecular flexibility index (Phi) is 3.85. The second-order valence-electron chi connectivity index (χ2n) is 4.98. The minimum absolute atomic E-state index is 0.249. The number of β-amino-alcohol motifs (C(OH)–C–C–N with tert-alkyl or cyclic N) is 1. The van der Waals surface area contributed by atoms with Crippen LogP contribution in [0.2, 0.25) is 0 Å². The first kappa shape index (κ1) is 13.0. The van der Waals surface area contributed by atoms with Crippen LogP contribution in [0.1, 0.15) is 18.4 Å². The maximum absolute atomic E-state index is 13.7. The van der Waals surface area contributed by atoms with Gasteiger partial charge in [-0.25, -0.2) is 4.39 Å². The number of nitrogens with zero attached hydrogens (tertiary/aromatic N) is 1. The van der Waals surface area contributed by atoms with Crippen LogP contribution in [0.3, 0.4) is 0 Å². The molecule has 1 heterocycles. The first-order chi connectivity index (χ1) is 7.98. The summed E-state index contributed by atoms with van der Waals surface area (Å²) in [6.45, 7) is 1.62. The van der Waals surface area contributed by atoms with Gasteiger partial charge in [-0.3, -0.25) is 0 Å². The SMILES string of the molecule is CN1CCCC(O)(Cc2ccc(Br)cc2F)C1. The van der Waals surface area contributed by atoms with E-state index in [2.05, 4.69) is 20.8 Å². The summed E-state index contributed by atoms with van der Waals surface area (Å²) < 4.78 is 14.4. The molecule has 1 fully saturated rings. The molecule has 1 unspecified atom stereocenters. The van der Waals surface area contributed by atoms with E-state index in [1.807, 2.05) is 13.1 Å². The highest BCUT2D eigenvalue weighted by molar-refractivity contribution is 9.10. The molecular weight excluding hydrogens is 285 g/mol. The lowest BCUT2D eigenvalue weighted by molar-refractivity contribution is -0.0229. The Balaban J connectivity index is 2.14. The van der Waals surface area contributed by atoms with Crippen molar-refractivity contribution in [2.75, 3.05) is 20.1 Å². The Bertz CT molecular complexity index is 412. The summed E-state index contributed by atoms with van der Waals surface area (Å²) in [5, 5.41) is 10.5. The van der Waals surface area contributed by atoms with E-state index in [1.54, 1.807) is 6.07 Å². The van der Waals surface area contributed by atoms with E-state index in [0.29, 0.717) is 18.5 Å². The molecule has 1 saturated heterocycles. The Morgan fingerprint density at radius 2 is 2.29 bits per heavy atom. The molecule has 0 amide bonds. The number of likely N-dealkylation sites (N-methyl/N-ethyl adjacent to an activating group) is 1. The van der Waals surface area contributed by atoms with E-state index in [9.17, 15) is 9.50 Å². The minimum Gasteiger partial charge on any atom is -0.388 e. The predicted molar refractivity (Wildman–Crippen MR) is 69.5 cm³/mol. The van der Waals surface area contributed by atoms with Crippen molar-refractivity contribution in [2.45, 2.75) is 24.9 Å². The van der Waals surface area contributed by atoms with Crippen LogP contribution in [0.4, 0.5) is 4.39 Å². The quantitative estimate of drug-likeness (QED) is 0.908. The monoisotopic (exact) mass is 301 g/mol. The maximum Gasteiger partial charge on any atom is 0.127 e. The third-order valence-electron chi connectivity index (χ3n) is 3.28. The molecule has 94 valence electrons. The molecule has 17 heavy (non-hydrogen) atoms. The van der Waals surface area contributed by atoms with E-state index in [4.69, 9.17) is 0 Å². The fourth-order valence-electron chi connectivity index (χ4n) is 2.50. The smallest absolute Gasteiger partial charge is 0.127 e. The number of hydrogen-bond donors (Lipinski definition) is 1. The molecule has 0 saturated carbocycles. The van der Waals surface area contributed by atoms with Gasteiger partial charge in [0.1, 0.15) is 5.82 Å². The number of rotatable bonds is 2. The van der Waals surface area contributed by atoms with E-state index < -0.39 is 5.60 Å². The van der Waals surface area contributed by atoms with Crippen LogP contribution < -0.4 is 0 Å². The van der Waals surface area contributed by atoms with Crippen LogP contribution in [0.25, 0.3) is 0 Å². The number of likely N-dealkylation sites (tertiary alicyclic amines) is 1. The molecule has 1 atom stereocenters. The Morgan fingerprint density at radius 1 is 1.53 bits per heavy atom. The third kappa shape index (κ3) is 3.27. The molecule has 2 nitrogen and oxygen atoms in total. The Morgan fingerprint density at radius 3 is 2.94 bits per heavy atom. The Hall–Kier alpha value is -0.450. The lowest BCUT2D eigenvalue weighted by Crippen LogP contribution is -2.48. The summed E-state index contributed by atoms with van der Waals surface area (Å²) in [7, 11) is 1.99. The van der Waals surface area contributed by atoms with Gasteiger partial charge in [-0.05, 0) is 44.1 Å². The standard InChI is InChI=1S/C13H17BrFNO/c1-16-6-2-5-13(17,9-16)8-10-3-4-11(14)7-12(10)15/h3-4,7,17H,2,5-6,8-9H2,1H3. The van der Waals surface area contributed by atoms with Gasteiger partial charge in [0, 0.05) is 17.4 Å². The molecule has 0 aliphatic carbocycles. The van der Waals surface area contributed by atoms with Gasteiger partial charge in [-0.1, -0.05) is 22.0 Å². The molecule has 1 N–H and O–H groups in total. The van der Waals surface area contributed by atoms with Gasteiger partial charge < -0.3 is 10.0 Å². The fourth-order valence-corrected chi connectivity index (χ4v) is 2.84. The van der Waals surface area contributed by atoms with Gasteiger partial charge >= 0.3 is 0 Å². The predicted octanol–water partition coefficient (Wildman–Crippen LogP) is 2.59. The lowest BCUT2D eigenvalue weighted by atomic mass is 9.86. The molecule has 0 spiro atoms. The molecule has 1 aliphatic heterocycles. The molecule has 1 aromatic carbocycles. The second kappa shape index (κ2) is 5.04. The van der Waals surface area contributed by atoms with Crippen LogP contribution in [0.15, 0.2) is 22.7 Å². The summed E-state index contributed by atoms with van der Waals surface area (Å²) in [5.74, 6) is -0.249. The van der Waals surface area contributed by atoms with Crippen molar-refractivity contribution >= 4 is 15.9 Å². The number of hydrogen-bond acceptors (Lipinski definition) is 2. The van der Waals surface area contributed by atoms with Crippen LogP contribution >= 0.6 is 15.9 Å². The second-order valence-corrected chi connectivity index (χ2v) is 5.89. The van der Waals surface area contributed by atoms with Crippen molar-refractivity contribution in [3.63, 3.8) is 0 Å². The van der Waals surface area contributed by atoms with Gasteiger partial charge in [0.05, 0.1) is 5.60 Å². The summed E-state index contributed by atoms with van der Waals surface area (Å²) in [5.41, 5.74) is -0.201. The van der Waals surface area contributed by atoms with Gasteiger partial charge in [-0.15, -0.1) is 0 Å². The van der Waals surface area contributed by atoms with E-state index in [-0.39, 0.29) is 5.82 Å². The highest BCUT2D eigenvalue weighted by Crippen LogP contribution is 2.26. The van der Waals surface area contributed by atoms with Crippen molar-refractivity contribution in [1.29, 1.82) is 0 Å². The van der Waals surface area contributed by atoms with Gasteiger partial charge in [0.25, 0.3) is 0 Å². The molecular formula is C13H17BrFNO. The summed E-state index contributed by atoms with van der Waals surface area (Å²) >= 11 is 3.23. The van der Waals surface area contributed by atoms with Crippen molar-refractivity contribution in [3.05, 3.63) is 34.1 Å². The van der Waals surface area contributed by atoms with E-state index in [0.717, 1.165) is 23.9 Å². The van der Waals surface area contributed by atoms with Crippen molar-refractivity contribution in [3.8, 4) is 0 Å². The maximum atomic E-state index is 13.7. The third-order valence-corrected chi connectivity index (χ3v) is 3.77. The largest absolute Gasteiger partial charge is 0.388 e. The average molecular weight is 302 g/mol. The number of benzene rings is 1. The number of aliphatic hydroxyl groups is 1. The van der Waals surface area contributed by atoms with Gasteiger partial charge in [-0.2, -0.15) is 0 Å². The number of halogens is 2. The summed E-state index contributed by atoms with van der Waals surface area (Å²) in [6.07, 6.45) is 2.09. The first-order valence-corrected chi connectivity index (χ1v) is 6.63. The first-order valence-electron chi connectivity index (χ1n) is 5.83. The normalized spacial score (nSPS) is 26.1. The summed E-state index contributed by atoms with van der Waals surface area (Å²) in [4.78, 5) is 2.10. The molecule has 0 aromatic heterocycles. The minimum atomic E-state index is -0.790. The van der Waals surface area contributed by atoms with E-state index >= 15 is 0 Å². The highest BCUT2D eigenvalue weighted by atomic mass is 79.9. The van der Waals surface area contributed by atoms with Gasteiger partial charge in [0.15, 0.2) is 0 Å². The van der Waals surface area contributed by atoms with Crippen LogP contribution in [0, 0.1) is 5.82 Å². The molecule has 4 heteroatoms. The molecule has 1 aliphatic rings. The molecule has 2 rings (SSSR count). The summed E-state index contributed by atoms with van der Waals surface area (Å²) in [6, 6.07) is 5.01. The van der Waals surface area contributed by atoms with Crippen molar-refractivity contribution in [2.24, 2.45) is 0 Å². The zero-order chi connectivity index (χ0) is 12.5. The topological polar surface area (TPSA) is 23.5 Å². The Labute approximate surface area is 110 Å². The zero-order valence-electron chi connectivity index (χ0n) is 9.92. The van der Waals surface area contributed by atoms with E-state index in [1.165, 1.54) is 6.07 Å². The molecule has 0 bridgehead atoms. The average Bonchev–Trinajstić information content (AvgIpc) is 2.22. The van der Waals surface area contributed by atoms with Gasteiger partial charge in [0.2, 0.25) is 0 Å². The van der Waals surface area contributed by atoms with Crippen molar-refractivity contribution in [1.82, 2.24) is 4.90 Å².